The van der Waals surface area contributed by atoms with Gasteiger partial charge in [-0.1, -0.05) is 26.2 Å². The fourth-order valence-electron chi connectivity index (χ4n) is 2.23. The highest BCUT2D eigenvalue weighted by atomic mass is 16.2. The van der Waals surface area contributed by atoms with E-state index in [1.54, 1.807) is 0 Å². The lowest BCUT2D eigenvalue weighted by molar-refractivity contribution is -0.129. The van der Waals surface area contributed by atoms with E-state index in [-0.39, 0.29) is 6.04 Å². The molecule has 1 atom stereocenters. The number of hydrogen-bond acceptors (Lipinski definition) is 2. The molecule has 0 radical (unpaired) electrons. The van der Waals surface area contributed by atoms with Crippen LogP contribution < -0.4 is 5.32 Å². The van der Waals surface area contributed by atoms with Gasteiger partial charge in [0.25, 0.3) is 0 Å². The van der Waals surface area contributed by atoms with Gasteiger partial charge >= 0.3 is 0 Å². The average molecular weight is 196 g/mol. The van der Waals surface area contributed by atoms with Crippen LogP contribution >= 0.6 is 0 Å². The molecular weight excluding hydrogens is 176 g/mol. The molecule has 1 aliphatic heterocycles. The van der Waals surface area contributed by atoms with Crippen molar-refractivity contribution in [3.63, 3.8) is 0 Å². The van der Waals surface area contributed by atoms with Gasteiger partial charge in [0.1, 0.15) is 0 Å². The number of hydrogen-bond donors (Lipinski definition) is 1. The van der Waals surface area contributed by atoms with E-state index in [9.17, 15) is 4.79 Å². The minimum Gasteiger partial charge on any atom is -0.329 e. The van der Waals surface area contributed by atoms with E-state index in [2.05, 4.69) is 12.2 Å². The van der Waals surface area contributed by atoms with Gasteiger partial charge in [-0.15, -0.1) is 0 Å². The summed E-state index contributed by atoms with van der Waals surface area (Å²) in [6.45, 7) is 3.79. The van der Waals surface area contributed by atoms with E-state index in [0.29, 0.717) is 5.91 Å². The van der Waals surface area contributed by atoms with Gasteiger partial charge in [0.05, 0.1) is 12.7 Å². The number of amides is 1. The minimum atomic E-state index is 0.0939. The first-order chi connectivity index (χ1) is 6.81. The fourth-order valence-corrected chi connectivity index (χ4v) is 2.23. The third kappa shape index (κ3) is 1.92. The fraction of sp³-hybridized carbons (Fsp3) is 0.909. The van der Waals surface area contributed by atoms with Crippen molar-refractivity contribution in [2.75, 3.05) is 13.2 Å². The molecule has 0 aromatic carbocycles. The Kier molecular flexibility index (Phi) is 3.06. The molecular formula is C11H20N2O. The highest BCUT2D eigenvalue weighted by Crippen LogP contribution is 2.29. The molecule has 2 rings (SSSR count). The molecule has 1 heterocycles. The molecule has 0 aromatic rings. The molecule has 1 aliphatic carbocycles. The van der Waals surface area contributed by atoms with Crippen LogP contribution in [-0.4, -0.2) is 30.1 Å². The predicted molar refractivity (Wildman–Crippen MR) is 55.8 cm³/mol. The molecule has 1 N–H and O–H groups in total. The van der Waals surface area contributed by atoms with Crippen molar-refractivity contribution in [2.24, 2.45) is 5.92 Å². The number of carbonyl (C=O) groups excluding carboxylic acids is 1. The van der Waals surface area contributed by atoms with Crippen molar-refractivity contribution in [1.29, 1.82) is 0 Å². The van der Waals surface area contributed by atoms with Crippen molar-refractivity contribution in [2.45, 2.75) is 45.1 Å². The van der Waals surface area contributed by atoms with Gasteiger partial charge in [-0.25, -0.2) is 0 Å². The van der Waals surface area contributed by atoms with Gasteiger partial charge in [0.2, 0.25) is 5.91 Å². The zero-order valence-corrected chi connectivity index (χ0v) is 8.96. The highest BCUT2D eigenvalue weighted by Gasteiger charge is 2.30. The SMILES string of the molecule is CCC1NCN(CCC2CCC2)C1=O. The topological polar surface area (TPSA) is 32.3 Å². The molecule has 14 heavy (non-hydrogen) atoms. The van der Waals surface area contributed by atoms with Gasteiger partial charge < -0.3 is 4.90 Å². The van der Waals surface area contributed by atoms with E-state index < -0.39 is 0 Å². The van der Waals surface area contributed by atoms with Crippen molar-refractivity contribution in [1.82, 2.24) is 10.2 Å². The smallest absolute Gasteiger partial charge is 0.240 e. The van der Waals surface area contributed by atoms with E-state index in [1.807, 2.05) is 4.90 Å². The quantitative estimate of drug-likeness (QED) is 0.736. The summed E-state index contributed by atoms with van der Waals surface area (Å²) in [4.78, 5) is 13.7. The number of nitrogens with one attached hydrogen (secondary N) is 1. The summed E-state index contributed by atoms with van der Waals surface area (Å²) in [5.41, 5.74) is 0. The van der Waals surface area contributed by atoms with E-state index >= 15 is 0 Å². The second-order valence-corrected chi connectivity index (χ2v) is 4.51. The van der Waals surface area contributed by atoms with Gasteiger partial charge in [0, 0.05) is 6.54 Å². The minimum absolute atomic E-state index is 0.0939. The van der Waals surface area contributed by atoms with E-state index in [0.717, 1.165) is 25.6 Å². The molecule has 0 bridgehead atoms. The Morgan fingerprint density at radius 1 is 1.50 bits per heavy atom. The Balaban J connectivity index is 1.73. The summed E-state index contributed by atoms with van der Waals surface area (Å²) >= 11 is 0. The maximum Gasteiger partial charge on any atom is 0.240 e. The molecule has 2 fully saturated rings. The van der Waals surface area contributed by atoms with Crippen molar-refractivity contribution in [3.05, 3.63) is 0 Å². The molecule has 1 saturated carbocycles. The Morgan fingerprint density at radius 3 is 2.79 bits per heavy atom. The zero-order valence-electron chi connectivity index (χ0n) is 8.96. The van der Waals surface area contributed by atoms with Crippen LogP contribution in [0.2, 0.25) is 0 Å². The molecule has 0 spiro atoms. The van der Waals surface area contributed by atoms with Crippen molar-refractivity contribution in [3.8, 4) is 0 Å². The maximum atomic E-state index is 11.7. The van der Waals surface area contributed by atoms with Gasteiger partial charge in [-0.2, -0.15) is 0 Å². The molecule has 1 saturated heterocycles. The molecule has 3 heteroatoms. The first-order valence-electron chi connectivity index (χ1n) is 5.83. The summed E-state index contributed by atoms with van der Waals surface area (Å²) in [6, 6.07) is 0.0939. The third-order valence-electron chi connectivity index (χ3n) is 3.58. The summed E-state index contributed by atoms with van der Waals surface area (Å²) < 4.78 is 0. The Bertz CT molecular complexity index is 213. The molecule has 1 amide bonds. The van der Waals surface area contributed by atoms with Crippen LogP contribution in [0.15, 0.2) is 0 Å². The van der Waals surface area contributed by atoms with Gasteiger partial charge in [0.15, 0.2) is 0 Å². The number of nitrogens with zero attached hydrogens (tertiary/aromatic N) is 1. The molecule has 3 nitrogen and oxygen atoms in total. The summed E-state index contributed by atoms with van der Waals surface area (Å²) in [5, 5.41) is 3.24. The first kappa shape index (κ1) is 9.97. The van der Waals surface area contributed by atoms with Gasteiger partial charge in [-0.05, 0) is 18.8 Å². The molecule has 1 unspecified atom stereocenters. The van der Waals surface area contributed by atoms with Crippen LogP contribution in [0.4, 0.5) is 0 Å². The molecule has 0 aromatic heterocycles. The van der Waals surface area contributed by atoms with E-state index in [4.69, 9.17) is 0 Å². The third-order valence-corrected chi connectivity index (χ3v) is 3.58. The van der Waals surface area contributed by atoms with E-state index in [1.165, 1.54) is 25.7 Å². The first-order valence-corrected chi connectivity index (χ1v) is 5.83. The average Bonchev–Trinajstić information content (AvgIpc) is 2.45. The Morgan fingerprint density at radius 2 is 2.29 bits per heavy atom. The molecule has 80 valence electrons. The largest absolute Gasteiger partial charge is 0.329 e. The monoisotopic (exact) mass is 196 g/mol. The van der Waals surface area contributed by atoms with Crippen molar-refractivity contribution >= 4 is 5.91 Å². The normalized spacial score (nSPS) is 28.2. The lowest BCUT2D eigenvalue weighted by atomic mass is 9.83. The van der Waals surface area contributed by atoms with Crippen LogP contribution in [0.1, 0.15) is 39.0 Å². The summed E-state index contributed by atoms with van der Waals surface area (Å²) in [7, 11) is 0. The second-order valence-electron chi connectivity index (χ2n) is 4.51. The van der Waals surface area contributed by atoms with Crippen LogP contribution in [0.25, 0.3) is 0 Å². The van der Waals surface area contributed by atoms with Crippen LogP contribution in [0, 0.1) is 5.92 Å². The lowest BCUT2D eigenvalue weighted by Gasteiger charge is -2.27. The number of rotatable bonds is 4. The zero-order chi connectivity index (χ0) is 9.97. The summed E-state index contributed by atoms with van der Waals surface area (Å²) in [5.74, 6) is 1.22. The Hall–Kier alpha value is -0.570. The highest BCUT2D eigenvalue weighted by molar-refractivity contribution is 5.83. The lowest BCUT2D eigenvalue weighted by Crippen LogP contribution is -2.32. The maximum absolute atomic E-state index is 11.7. The van der Waals surface area contributed by atoms with Crippen molar-refractivity contribution < 1.29 is 4.79 Å². The molecule has 2 aliphatic rings. The van der Waals surface area contributed by atoms with Gasteiger partial charge in [-0.3, -0.25) is 10.1 Å². The predicted octanol–water partition coefficient (Wildman–Crippen LogP) is 1.34. The van der Waals surface area contributed by atoms with Crippen LogP contribution in [-0.2, 0) is 4.79 Å². The Labute approximate surface area is 85.8 Å². The standard InChI is InChI=1S/C11H20N2O/c1-2-10-11(14)13(8-12-10)7-6-9-4-3-5-9/h9-10,12H,2-8H2,1H3. The second kappa shape index (κ2) is 4.30. The van der Waals surface area contributed by atoms with Crippen LogP contribution in [0.5, 0.6) is 0 Å². The van der Waals surface area contributed by atoms with Crippen LogP contribution in [0.3, 0.4) is 0 Å². The summed E-state index contributed by atoms with van der Waals surface area (Å²) in [6.07, 6.45) is 6.29. The number of carbonyl (C=O) groups is 1.